The molecule has 1 aliphatic rings. The molecule has 1 aliphatic carbocycles. The molecule has 0 radical (unpaired) electrons. The smallest absolute Gasteiger partial charge is 0.0783 e. The molecule has 0 spiro atoms. The van der Waals surface area contributed by atoms with E-state index in [1.54, 1.807) is 0 Å². The zero-order valence-corrected chi connectivity index (χ0v) is 16.5. The highest BCUT2D eigenvalue weighted by Gasteiger charge is 2.38. The second kappa shape index (κ2) is 7.14. The Bertz CT molecular complexity index is 439. The molecule has 1 aromatic rings. The molecule has 0 aliphatic heterocycles. The monoisotopic (exact) mass is 416 g/mol. The van der Waals surface area contributed by atoms with Gasteiger partial charge in [-0.25, -0.2) is 0 Å². The molecule has 0 bridgehead atoms. The van der Waals surface area contributed by atoms with Crippen LogP contribution in [0.2, 0.25) is 0 Å². The summed E-state index contributed by atoms with van der Waals surface area (Å²) in [5.41, 5.74) is 1.69. The van der Waals surface area contributed by atoms with E-state index in [-0.39, 0.29) is 5.60 Å². The molecule has 1 fully saturated rings. The maximum absolute atomic E-state index is 6.34. The molecule has 0 atom stereocenters. The minimum Gasteiger partial charge on any atom is -0.369 e. The van der Waals surface area contributed by atoms with Crippen molar-refractivity contribution in [3.8, 4) is 0 Å². The number of ether oxygens (including phenoxy) is 1. The first-order chi connectivity index (χ1) is 9.85. The molecule has 2 rings (SSSR count). The summed E-state index contributed by atoms with van der Waals surface area (Å²) in [6.07, 6.45) is 4.87. The lowest BCUT2D eigenvalue weighted by molar-refractivity contribution is -0.0783. The van der Waals surface area contributed by atoms with Crippen molar-refractivity contribution >= 4 is 31.9 Å². The number of halogens is 2. The molecule has 0 saturated heterocycles. The van der Waals surface area contributed by atoms with Crippen LogP contribution in [-0.4, -0.2) is 10.9 Å². The van der Waals surface area contributed by atoms with Gasteiger partial charge in [-0.2, -0.15) is 0 Å². The second-order valence-corrected chi connectivity index (χ2v) is 8.85. The molecule has 21 heavy (non-hydrogen) atoms. The van der Waals surface area contributed by atoms with Gasteiger partial charge >= 0.3 is 0 Å². The van der Waals surface area contributed by atoms with Gasteiger partial charge in [0, 0.05) is 9.80 Å². The third kappa shape index (κ3) is 4.80. The Hall–Kier alpha value is 0.140. The lowest BCUT2D eigenvalue weighted by Gasteiger charge is -2.43. The first-order valence-electron chi connectivity index (χ1n) is 7.79. The summed E-state index contributed by atoms with van der Waals surface area (Å²) in [5.74, 6) is 0.820. The molecular formula is C18H26Br2O. The quantitative estimate of drug-likeness (QED) is 0.519. The van der Waals surface area contributed by atoms with Crippen molar-refractivity contribution in [1.82, 2.24) is 0 Å². The van der Waals surface area contributed by atoms with Crippen molar-refractivity contribution in [2.24, 2.45) is 11.3 Å². The van der Waals surface area contributed by atoms with Crippen molar-refractivity contribution in [3.05, 3.63) is 34.3 Å². The van der Waals surface area contributed by atoms with Gasteiger partial charge in [0.2, 0.25) is 0 Å². The third-order valence-corrected chi connectivity index (χ3v) is 6.37. The average molecular weight is 418 g/mol. The molecule has 3 heteroatoms. The van der Waals surface area contributed by atoms with E-state index < -0.39 is 0 Å². The van der Waals surface area contributed by atoms with Crippen molar-refractivity contribution in [3.63, 3.8) is 0 Å². The fourth-order valence-electron chi connectivity index (χ4n) is 3.14. The van der Waals surface area contributed by atoms with Gasteiger partial charge in [-0.15, -0.1) is 0 Å². The van der Waals surface area contributed by atoms with Crippen LogP contribution in [0, 0.1) is 11.3 Å². The SMILES string of the molecule is CC(C)(C)C1CCC(CBr)(OCc2ccc(Br)cc2)CC1. The minimum atomic E-state index is 0.0226. The molecule has 0 N–H and O–H groups in total. The summed E-state index contributed by atoms with van der Waals surface area (Å²) in [5, 5.41) is 0.938. The Kier molecular flexibility index (Phi) is 5.95. The third-order valence-electron chi connectivity index (χ3n) is 4.82. The van der Waals surface area contributed by atoms with Gasteiger partial charge in [0.25, 0.3) is 0 Å². The first-order valence-corrected chi connectivity index (χ1v) is 9.70. The summed E-state index contributed by atoms with van der Waals surface area (Å²) in [4.78, 5) is 0. The Balaban J connectivity index is 1.92. The lowest BCUT2D eigenvalue weighted by Crippen LogP contribution is -2.41. The van der Waals surface area contributed by atoms with Crippen LogP contribution < -0.4 is 0 Å². The van der Waals surface area contributed by atoms with E-state index >= 15 is 0 Å². The molecule has 1 nitrogen and oxygen atoms in total. The van der Waals surface area contributed by atoms with Crippen molar-refractivity contribution in [2.45, 2.75) is 58.7 Å². The summed E-state index contributed by atoms with van der Waals surface area (Å²) in [6.45, 7) is 7.80. The van der Waals surface area contributed by atoms with E-state index in [9.17, 15) is 0 Å². The Morgan fingerprint density at radius 3 is 2.19 bits per heavy atom. The summed E-state index contributed by atoms with van der Waals surface area (Å²) in [6, 6.07) is 8.42. The van der Waals surface area contributed by atoms with Gasteiger partial charge in [0.05, 0.1) is 12.2 Å². The second-order valence-electron chi connectivity index (χ2n) is 7.37. The van der Waals surface area contributed by atoms with Gasteiger partial charge < -0.3 is 4.74 Å². The average Bonchev–Trinajstić information content (AvgIpc) is 2.46. The molecule has 118 valence electrons. The van der Waals surface area contributed by atoms with Crippen LogP contribution in [0.3, 0.4) is 0 Å². The fourth-order valence-corrected chi connectivity index (χ4v) is 4.13. The number of benzene rings is 1. The number of hydrogen-bond acceptors (Lipinski definition) is 1. The summed E-state index contributed by atoms with van der Waals surface area (Å²) >= 11 is 7.17. The van der Waals surface area contributed by atoms with Gasteiger partial charge in [0.15, 0.2) is 0 Å². The lowest BCUT2D eigenvalue weighted by atomic mass is 9.69. The van der Waals surface area contributed by atoms with Gasteiger partial charge in [0.1, 0.15) is 0 Å². The first kappa shape index (κ1) is 17.5. The van der Waals surface area contributed by atoms with Crippen molar-refractivity contribution in [1.29, 1.82) is 0 Å². The fraction of sp³-hybridized carbons (Fsp3) is 0.667. The van der Waals surface area contributed by atoms with Gasteiger partial charge in [-0.3, -0.25) is 0 Å². The maximum Gasteiger partial charge on any atom is 0.0783 e. The van der Waals surface area contributed by atoms with E-state index in [2.05, 4.69) is 76.9 Å². The summed E-state index contributed by atoms with van der Waals surface area (Å²) in [7, 11) is 0. The number of hydrogen-bond donors (Lipinski definition) is 0. The van der Waals surface area contributed by atoms with Crippen LogP contribution in [0.5, 0.6) is 0 Å². The van der Waals surface area contributed by atoms with E-state index in [1.807, 2.05) is 0 Å². The molecule has 1 aromatic carbocycles. The predicted molar refractivity (Wildman–Crippen MR) is 96.9 cm³/mol. The number of rotatable bonds is 4. The highest BCUT2D eigenvalue weighted by atomic mass is 79.9. The van der Waals surface area contributed by atoms with E-state index in [0.29, 0.717) is 12.0 Å². The van der Waals surface area contributed by atoms with Crippen LogP contribution >= 0.6 is 31.9 Å². The van der Waals surface area contributed by atoms with Gasteiger partial charge in [-0.1, -0.05) is 64.8 Å². The van der Waals surface area contributed by atoms with Crippen LogP contribution in [0.1, 0.15) is 52.0 Å². The van der Waals surface area contributed by atoms with Crippen molar-refractivity contribution < 1.29 is 4.74 Å². The largest absolute Gasteiger partial charge is 0.369 e. The predicted octanol–water partition coefficient (Wildman–Crippen LogP) is 6.34. The van der Waals surface area contributed by atoms with Gasteiger partial charge in [-0.05, 0) is 54.7 Å². The molecular weight excluding hydrogens is 392 g/mol. The van der Waals surface area contributed by atoms with E-state index in [0.717, 1.165) is 28.6 Å². The summed E-state index contributed by atoms with van der Waals surface area (Å²) < 4.78 is 7.46. The zero-order valence-electron chi connectivity index (χ0n) is 13.3. The van der Waals surface area contributed by atoms with E-state index in [4.69, 9.17) is 4.74 Å². The highest BCUT2D eigenvalue weighted by Crippen LogP contribution is 2.43. The van der Waals surface area contributed by atoms with Crippen molar-refractivity contribution in [2.75, 3.05) is 5.33 Å². The number of alkyl halides is 1. The van der Waals surface area contributed by atoms with E-state index in [1.165, 1.54) is 18.4 Å². The Labute approximate surface area is 146 Å². The molecule has 1 saturated carbocycles. The molecule has 0 amide bonds. The zero-order chi connectivity index (χ0) is 15.5. The molecule has 0 heterocycles. The Morgan fingerprint density at radius 2 is 1.71 bits per heavy atom. The molecule has 0 aromatic heterocycles. The standard InChI is InChI=1S/C18H26Br2O/c1-17(2,3)15-8-10-18(13-19,11-9-15)21-12-14-4-6-16(20)7-5-14/h4-7,15H,8-13H2,1-3H3. The van der Waals surface area contributed by atoms with Crippen LogP contribution in [-0.2, 0) is 11.3 Å². The van der Waals surface area contributed by atoms with Crippen LogP contribution in [0.25, 0.3) is 0 Å². The Morgan fingerprint density at radius 1 is 1.14 bits per heavy atom. The molecule has 0 unspecified atom stereocenters. The highest BCUT2D eigenvalue weighted by molar-refractivity contribution is 9.10. The minimum absolute atomic E-state index is 0.0226. The van der Waals surface area contributed by atoms with Crippen LogP contribution in [0.15, 0.2) is 28.7 Å². The normalized spacial score (nSPS) is 26.8. The van der Waals surface area contributed by atoms with Crippen LogP contribution in [0.4, 0.5) is 0 Å². The maximum atomic E-state index is 6.34. The topological polar surface area (TPSA) is 9.23 Å².